The molecule has 1 saturated carbocycles. The molecule has 0 bridgehead atoms. The normalized spacial score (nSPS) is 20.1. The fourth-order valence-electron chi connectivity index (χ4n) is 4.12. The summed E-state index contributed by atoms with van der Waals surface area (Å²) in [4.78, 5) is 17.1. The Morgan fingerprint density at radius 2 is 1.67 bits per heavy atom. The van der Waals surface area contributed by atoms with Crippen LogP contribution in [-0.2, 0) is 21.4 Å². The summed E-state index contributed by atoms with van der Waals surface area (Å²) in [6, 6.07) is 10.8. The molecule has 0 radical (unpaired) electrons. The Morgan fingerprint density at radius 3 is 2.26 bits per heavy atom. The maximum Gasteiger partial charge on any atom is 0.236 e. The highest BCUT2D eigenvalue weighted by Gasteiger charge is 2.29. The molecule has 2 aliphatic rings. The minimum atomic E-state index is -3.17. The molecule has 1 heterocycles. The molecule has 0 atom stereocenters. The van der Waals surface area contributed by atoms with Crippen molar-refractivity contribution in [2.45, 2.75) is 44.7 Å². The molecule has 1 aliphatic carbocycles. The molecule has 2 fully saturated rings. The van der Waals surface area contributed by atoms with Gasteiger partial charge in [-0.3, -0.25) is 9.69 Å². The lowest BCUT2D eigenvalue weighted by Gasteiger charge is -2.37. The minimum absolute atomic E-state index is 0.115. The highest BCUT2D eigenvalue weighted by Crippen LogP contribution is 2.24. The van der Waals surface area contributed by atoms with Gasteiger partial charge < -0.3 is 4.90 Å². The highest BCUT2D eigenvalue weighted by molar-refractivity contribution is 7.88. The fourth-order valence-corrected chi connectivity index (χ4v) is 4.95. The van der Waals surface area contributed by atoms with Gasteiger partial charge in [0, 0.05) is 38.8 Å². The summed E-state index contributed by atoms with van der Waals surface area (Å²) < 4.78 is 24.8. The molecule has 1 saturated heterocycles. The van der Waals surface area contributed by atoms with Crippen LogP contribution in [0, 0.1) is 0 Å². The van der Waals surface area contributed by atoms with Gasteiger partial charge in [-0.15, -0.1) is 0 Å². The number of sulfonamides is 1. The minimum Gasteiger partial charge on any atom is -0.339 e. The van der Waals surface area contributed by atoms with E-state index in [1.807, 2.05) is 23.1 Å². The van der Waals surface area contributed by atoms with E-state index in [9.17, 15) is 13.2 Å². The Hall–Kier alpha value is -1.44. The number of nitrogens with zero attached hydrogens (tertiary/aromatic N) is 3. The smallest absolute Gasteiger partial charge is 0.236 e. The summed E-state index contributed by atoms with van der Waals surface area (Å²) in [6.45, 7) is 2.96. The maximum atomic E-state index is 12.9. The van der Waals surface area contributed by atoms with Crippen LogP contribution in [0.1, 0.15) is 37.7 Å². The van der Waals surface area contributed by atoms with Crippen LogP contribution >= 0.6 is 0 Å². The molecule has 1 amide bonds. The predicted octanol–water partition coefficient (Wildman–Crippen LogP) is 1.93. The Morgan fingerprint density at radius 1 is 1.04 bits per heavy atom. The summed E-state index contributed by atoms with van der Waals surface area (Å²) in [5, 5.41) is 0. The van der Waals surface area contributed by atoms with Crippen molar-refractivity contribution < 1.29 is 13.2 Å². The zero-order valence-corrected chi connectivity index (χ0v) is 17.0. The van der Waals surface area contributed by atoms with Gasteiger partial charge >= 0.3 is 0 Å². The molecule has 0 N–H and O–H groups in total. The summed E-state index contributed by atoms with van der Waals surface area (Å²) in [7, 11) is -3.17. The van der Waals surface area contributed by atoms with Crippen LogP contribution in [-0.4, -0.2) is 73.5 Å². The lowest BCUT2D eigenvalue weighted by molar-refractivity contribution is -0.134. The third-order valence-corrected chi connectivity index (χ3v) is 7.02. The molecule has 3 rings (SSSR count). The van der Waals surface area contributed by atoms with Crippen molar-refractivity contribution in [1.29, 1.82) is 0 Å². The average Bonchev–Trinajstić information content (AvgIpc) is 2.68. The first-order valence-electron chi connectivity index (χ1n) is 9.94. The van der Waals surface area contributed by atoms with E-state index in [2.05, 4.69) is 17.0 Å². The van der Waals surface area contributed by atoms with Crippen LogP contribution in [0.25, 0.3) is 0 Å². The number of hydrogen-bond donors (Lipinski definition) is 0. The van der Waals surface area contributed by atoms with Crippen molar-refractivity contribution in [3.05, 3.63) is 35.9 Å². The second kappa shape index (κ2) is 9.17. The van der Waals surface area contributed by atoms with E-state index in [1.165, 1.54) is 35.4 Å². The molecule has 1 aromatic rings. The molecule has 1 aromatic carbocycles. The Balaban J connectivity index is 1.62. The van der Waals surface area contributed by atoms with Crippen molar-refractivity contribution in [3.63, 3.8) is 0 Å². The number of amides is 1. The summed E-state index contributed by atoms with van der Waals surface area (Å²) in [6.07, 6.45) is 7.30. The standard InChI is InChI=1S/C20H31N3O3S/c1-27(25,26)23-14-12-21(13-15-23)20(24)17-22(19-10-6-3-7-11-19)16-18-8-4-2-5-9-18/h2,4-5,8-9,19H,3,6-7,10-17H2,1H3. The van der Waals surface area contributed by atoms with Crippen LogP contribution in [0.3, 0.4) is 0 Å². The summed E-state index contributed by atoms with van der Waals surface area (Å²) in [5.74, 6) is 0.115. The molecule has 0 unspecified atom stereocenters. The van der Waals surface area contributed by atoms with Crippen molar-refractivity contribution in [2.24, 2.45) is 0 Å². The van der Waals surface area contributed by atoms with E-state index in [-0.39, 0.29) is 5.91 Å². The third-order valence-electron chi connectivity index (χ3n) is 5.72. The van der Waals surface area contributed by atoms with E-state index < -0.39 is 10.0 Å². The van der Waals surface area contributed by atoms with Crippen LogP contribution in [0.15, 0.2) is 30.3 Å². The first-order chi connectivity index (χ1) is 12.9. The third kappa shape index (κ3) is 5.77. The van der Waals surface area contributed by atoms with E-state index in [1.54, 1.807) is 0 Å². The van der Waals surface area contributed by atoms with Gasteiger partial charge in [0.15, 0.2) is 0 Å². The van der Waals surface area contributed by atoms with Gasteiger partial charge in [-0.1, -0.05) is 49.6 Å². The Labute approximate surface area is 163 Å². The number of carbonyl (C=O) groups is 1. The molecule has 1 aliphatic heterocycles. The van der Waals surface area contributed by atoms with Gasteiger partial charge in [0.25, 0.3) is 0 Å². The molecule has 27 heavy (non-hydrogen) atoms. The van der Waals surface area contributed by atoms with Gasteiger partial charge in [0.2, 0.25) is 15.9 Å². The lowest BCUT2D eigenvalue weighted by atomic mass is 9.93. The fraction of sp³-hybridized carbons (Fsp3) is 0.650. The largest absolute Gasteiger partial charge is 0.339 e. The van der Waals surface area contributed by atoms with Gasteiger partial charge in [0.05, 0.1) is 12.8 Å². The second-order valence-electron chi connectivity index (χ2n) is 7.73. The van der Waals surface area contributed by atoms with Crippen LogP contribution in [0.4, 0.5) is 0 Å². The quantitative estimate of drug-likeness (QED) is 0.741. The van der Waals surface area contributed by atoms with E-state index in [0.29, 0.717) is 38.8 Å². The number of rotatable bonds is 6. The second-order valence-corrected chi connectivity index (χ2v) is 9.71. The van der Waals surface area contributed by atoms with E-state index in [4.69, 9.17) is 0 Å². The predicted molar refractivity (Wildman–Crippen MR) is 107 cm³/mol. The number of benzene rings is 1. The van der Waals surface area contributed by atoms with Crippen molar-refractivity contribution >= 4 is 15.9 Å². The highest BCUT2D eigenvalue weighted by atomic mass is 32.2. The topological polar surface area (TPSA) is 60.9 Å². The van der Waals surface area contributed by atoms with Crippen LogP contribution in [0.5, 0.6) is 0 Å². The summed E-state index contributed by atoms with van der Waals surface area (Å²) in [5.41, 5.74) is 1.23. The first kappa shape index (κ1) is 20.3. The number of carbonyl (C=O) groups excluding carboxylic acids is 1. The van der Waals surface area contributed by atoms with Crippen LogP contribution in [0.2, 0.25) is 0 Å². The molecular weight excluding hydrogens is 362 g/mol. The monoisotopic (exact) mass is 393 g/mol. The lowest BCUT2D eigenvalue weighted by Crippen LogP contribution is -2.53. The van der Waals surface area contributed by atoms with Gasteiger partial charge in [-0.25, -0.2) is 8.42 Å². The Bertz CT molecular complexity index is 709. The average molecular weight is 394 g/mol. The SMILES string of the molecule is CS(=O)(=O)N1CCN(C(=O)CN(Cc2ccccc2)C2CCCCC2)CC1. The first-order valence-corrected chi connectivity index (χ1v) is 11.8. The van der Waals surface area contributed by atoms with Crippen molar-refractivity contribution in [1.82, 2.24) is 14.1 Å². The van der Waals surface area contributed by atoms with Gasteiger partial charge in [-0.05, 0) is 18.4 Å². The zero-order chi connectivity index (χ0) is 19.3. The number of piperazine rings is 1. The molecule has 6 nitrogen and oxygen atoms in total. The summed E-state index contributed by atoms with van der Waals surface area (Å²) >= 11 is 0. The molecular formula is C20H31N3O3S. The number of hydrogen-bond acceptors (Lipinski definition) is 4. The van der Waals surface area contributed by atoms with Crippen molar-refractivity contribution in [2.75, 3.05) is 39.0 Å². The van der Waals surface area contributed by atoms with E-state index in [0.717, 1.165) is 19.4 Å². The molecule has 150 valence electrons. The van der Waals surface area contributed by atoms with Gasteiger partial charge in [-0.2, -0.15) is 4.31 Å². The van der Waals surface area contributed by atoms with Crippen molar-refractivity contribution in [3.8, 4) is 0 Å². The molecule has 0 aromatic heterocycles. The van der Waals surface area contributed by atoms with Gasteiger partial charge in [0.1, 0.15) is 0 Å². The van der Waals surface area contributed by atoms with Crippen LogP contribution < -0.4 is 0 Å². The van der Waals surface area contributed by atoms with E-state index >= 15 is 0 Å². The molecule has 0 spiro atoms. The molecule has 7 heteroatoms. The zero-order valence-electron chi connectivity index (χ0n) is 16.2. The maximum absolute atomic E-state index is 12.9. The Kier molecular flexibility index (Phi) is 6.89.